The average molecular weight is 197 g/mol. The molecule has 3 heteroatoms. The molecule has 1 aromatic carbocycles. The van der Waals surface area contributed by atoms with Gasteiger partial charge in [0, 0.05) is 11.6 Å². The molecule has 1 heterocycles. The van der Waals surface area contributed by atoms with Crippen LogP contribution in [0.4, 0.5) is 8.78 Å². The summed E-state index contributed by atoms with van der Waals surface area (Å²) in [5.74, 6) is -1.40. The van der Waals surface area contributed by atoms with Crippen LogP contribution in [-0.2, 0) is 0 Å². The molecule has 0 saturated carbocycles. The first-order chi connectivity index (χ1) is 6.70. The Bertz CT molecular complexity index is 343. The van der Waals surface area contributed by atoms with Gasteiger partial charge in [-0.05, 0) is 31.9 Å². The summed E-state index contributed by atoms with van der Waals surface area (Å²) >= 11 is 0. The Labute approximate surface area is 82.1 Å². The molecule has 0 aromatic heterocycles. The molecule has 0 bridgehead atoms. The van der Waals surface area contributed by atoms with Crippen molar-refractivity contribution in [1.29, 1.82) is 0 Å². The van der Waals surface area contributed by atoms with E-state index in [4.69, 9.17) is 0 Å². The van der Waals surface area contributed by atoms with Crippen LogP contribution in [0.25, 0.3) is 0 Å². The van der Waals surface area contributed by atoms with Crippen molar-refractivity contribution in [1.82, 2.24) is 5.32 Å². The van der Waals surface area contributed by atoms with E-state index >= 15 is 0 Å². The summed E-state index contributed by atoms with van der Waals surface area (Å²) in [5, 5.41) is 3.15. The third-order valence-electron chi connectivity index (χ3n) is 2.74. The lowest BCUT2D eigenvalue weighted by molar-refractivity contribution is 0.476. The Hall–Kier alpha value is -0.960. The molecule has 1 fully saturated rings. The van der Waals surface area contributed by atoms with Crippen LogP contribution in [-0.4, -0.2) is 6.54 Å². The molecule has 1 aliphatic heterocycles. The Balaban J connectivity index is 2.38. The summed E-state index contributed by atoms with van der Waals surface area (Å²) in [5.41, 5.74) is 0.829. The molecule has 1 nitrogen and oxygen atoms in total. The predicted octanol–water partition coefficient (Wildman–Crippen LogP) is 2.70. The van der Waals surface area contributed by atoms with E-state index < -0.39 is 11.6 Å². The van der Waals surface area contributed by atoms with Gasteiger partial charge in [0.2, 0.25) is 0 Å². The molecule has 0 amide bonds. The molecular formula is C11H13F2N. The van der Waals surface area contributed by atoms with Gasteiger partial charge in [-0.3, -0.25) is 0 Å². The number of halogens is 2. The van der Waals surface area contributed by atoms with Gasteiger partial charge in [-0.2, -0.15) is 0 Å². The molecule has 2 rings (SSSR count). The lowest BCUT2D eigenvalue weighted by Crippen LogP contribution is -2.15. The van der Waals surface area contributed by atoms with Crippen molar-refractivity contribution in [2.45, 2.75) is 25.8 Å². The molecule has 1 atom stereocenters. The number of benzene rings is 1. The zero-order valence-corrected chi connectivity index (χ0v) is 8.11. The van der Waals surface area contributed by atoms with E-state index in [-0.39, 0.29) is 6.04 Å². The monoisotopic (exact) mass is 197 g/mol. The highest BCUT2D eigenvalue weighted by molar-refractivity contribution is 5.28. The smallest absolute Gasteiger partial charge is 0.163 e. The van der Waals surface area contributed by atoms with Crippen molar-refractivity contribution >= 4 is 0 Å². The minimum Gasteiger partial charge on any atom is -0.310 e. The standard InChI is InChI=1S/C11H13F2N/c1-7-4-5-8(11(13)10(7)12)9-3-2-6-14-9/h4-5,9,14H,2-3,6H2,1H3/t9-/m1/s1. The lowest BCUT2D eigenvalue weighted by atomic mass is 10.0. The molecule has 1 aliphatic rings. The van der Waals surface area contributed by atoms with E-state index in [1.54, 1.807) is 19.1 Å². The van der Waals surface area contributed by atoms with Crippen molar-refractivity contribution in [3.8, 4) is 0 Å². The number of hydrogen-bond acceptors (Lipinski definition) is 1. The average Bonchev–Trinajstić information content (AvgIpc) is 2.67. The fraction of sp³-hybridized carbons (Fsp3) is 0.455. The Morgan fingerprint density at radius 1 is 1.29 bits per heavy atom. The Morgan fingerprint density at radius 3 is 2.71 bits per heavy atom. The Morgan fingerprint density at radius 2 is 2.07 bits per heavy atom. The highest BCUT2D eigenvalue weighted by Gasteiger charge is 2.21. The zero-order chi connectivity index (χ0) is 10.1. The molecule has 0 unspecified atom stereocenters. The molecule has 14 heavy (non-hydrogen) atoms. The summed E-state index contributed by atoms with van der Waals surface area (Å²) in [6.45, 7) is 2.46. The highest BCUT2D eigenvalue weighted by atomic mass is 19.2. The number of nitrogens with one attached hydrogen (secondary N) is 1. The van der Waals surface area contributed by atoms with Crippen LogP contribution in [0.5, 0.6) is 0 Å². The molecule has 0 spiro atoms. The van der Waals surface area contributed by atoms with Gasteiger partial charge < -0.3 is 5.32 Å². The maximum atomic E-state index is 13.5. The van der Waals surface area contributed by atoms with Crippen molar-refractivity contribution < 1.29 is 8.78 Å². The third kappa shape index (κ3) is 1.52. The second kappa shape index (κ2) is 3.65. The van der Waals surface area contributed by atoms with Crippen LogP contribution < -0.4 is 5.32 Å². The van der Waals surface area contributed by atoms with E-state index in [9.17, 15) is 8.78 Å². The van der Waals surface area contributed by atoms with Gasteiger partial charge in [0.25, 0.3) is 0 Å². The lowest BCUT2D eigenvalue weighted by Gasteiger charge is -2.12. The fourth-order valence-corrected chi connectivity index (χ4v) is 1.88. The van der Waals surface area contributed by atoms with E-state index in [2.05, 4.69) is 5.32 Å². The summed E-state index contributed by atoms with van der Waals surface area (Å²) in [7, 11) is 0. The summed E-state index contributed by atoms with van der Waals surface area (Å²) in [6, 6.07) is 3.30. The van der Waals surface area contributed by atoms with Crippen molar-refractivity contribution in [2.75, 3.05) is 6.54 Å². The van der Waals surface area contributed by atoms with Gasteiger partial charge in [-0.15, -0.1) is 0 Å². The van der Waals surface area contributed by atoms with Crippen LogP contribution in [0.15, 0.2) is 12.1 Å². The van der Waals surface area contributed by atoms with Gasteiger partial charge in [-0.1, -0.05) is 12.1 Å². The number of rotatable bonds is 1. The van der Waals surface area contributed by atoms with Gasteiger partial charge in [-0.25, -0.2) is 8.78 Å². The maximum Gasteiger partial charge on any atom is 0.163 e. The Kier molecular flexibility index (Phi) is 2.50. The first kappa shape index (κ1) is 9.59. The van der Waals surface area contributed by atoms with Crippen LogP contribution >= 0.6 is 0 Å². The van der Waals surface area contributed by atoms with Crippen molar-refractivity contribution in [3.05, 3.63) is 34.9 Å². The second-order valence-electron chi connectivity index (χ2n) is 3.75. The first-order valence-corrected chi connectivity index (χ1v) is 4.88. The van der Waals surface area contributed by atoms with E-state index in [0.717, 1.165) is 19.4 Å². The van der Waals surface area contributed by atoms with E-state index in [0.29, 0.717) is 11.1 Å². The largest absolute Gasteiger partial charge is 0.310 e. The van der Waals surface area contributed by atoms with Gasteiger partial charge in [0.1, 0.15) is 0 Å². The fourth-order valence-electron chi connectivity index (χ4n) is 1.88. The topological polar surface area (TPSA) is 12.0 Å². The summed E-state index contributed by atoms with van der Waals surface area (Å²) in [4.78, 5) is 0. The molecule has 0 radical (unpaired) electrons. The minimum atomic E-state index is -0.712. The quantitative estimate of drug-likeness (QED) is 0.729. The van der Waals surface area contributed by atoms with Crippen molar-refractivity contribution in [3.63, 3.8) is 0 Å². The zero-order valence-electron chi connectivity index (χ0n) is 8.11. The normalized spacial score (nSPS) is 21.5. The number of aryl methyl sites for hydroxylation is 1. The molecule has 1 saturated heterocycles. The molecule has 76 valence electrons. The van der Waals surface area contributed by atoms with Crippen LogP contribution in [0.2, 0.25) is 0 Å². The maximum absolute atomic E-state index is 13.5. The minimum absolute atomic E-state index is 0.00917. The summed E-state index contributed by atoms with van der Waals surface area (Å²) < 4.78 is 26.7. The highest BCUT2D eigenvalue weighted by Crippen LogP contribution is 2.27. The predicted molar refractivity (Wildman–Crippen MR) is 51.1 cm³/mol. The summed E-state index contributed by atoms with van der Waals surface area (Å²) in [6.07, 6.45) is 1.92. The first-order valence-electron chi connectivity index (χ1n) is 4.88. The molecule has 1 aromatic rings. The van der Waals surface area contributed by atoms with Gasteiger partial charge in [0.15, 0.2) is 11.6 Å². The van der Waals surface area contributed by atoms with Crippen LogP contribution in [0.3, 0.4) is 0 Å². The van der Waals surface area contributed by atoms with Crippen LogP contribution in [0.1, 0.15) is 30.0 Å². The van der Waals surface area contributed by atoms with Crippen molar-refractivity contribution in [2.24, 2.45) is 0 Å². The third-order valence-corrected chi connectivity index (χ3v) is 2.74. The number of hydrogen-bond donors (Lipinski definition) is 1. The van der Waals surface area contributed by atoms with Gasteiger partial charge >= 0.3 is 0 Å². The molecular weight excluding hydrogens is 184 g/mol. The van der Waals surface area contributed by atoms with Crippen LogP contribution in [0, 0.1) is 18.6 Å². The molecule has 0 aliphatic carbocycles. The van der Waals surface area contributed by atoms with E-state index in [1.165, 1.54) is 0 Å². The second-order valence-corrected chi connectivity index (χ2v) is 3.75. The SMILES string of the molecule is Cc1ccc([C@H]2CCCN2)c(F)c1F. The molecule has 1 N–H and O–H groups in total. The van der Waals surface area contributed by atoms with Gasteiger partial charge in [0.05, 0.1) is 0 Å². The van der Waals surface area contributed by atoms with E-state index in [1.807, 2.05) is 0 Å².